The summed E-state index contributed by atoms with van der Waals surface area (Å²) >= 11 is 5.66. The molecule has 0 aliphatic carbocycles. The maximum Gasteiger partial charge on any atom is 0.253 e. The van der Waals surface area contributed by atoms with Crippen LogP contribution in [0.1, 0.15) is 70.7 Å². The molecule has 0 saturated carbocycles. The maximum atomic E-state index is 16.6. The van der Waals surface area contributed by atoms with Crippen molar-refractivity contribution in [1.29, 1.82) is 0 Å². The van der Waals surface area contributed by atoms with Crippen LogP contribution >= 0.6 is 11.6 Å². The standard InChI is InChI=1S/C21H24ClF2N3O/c1-2-15-13-25-19(26-14-15)4-3-7-21(24)8-10-27(11-9-21)20(28)16-5-6-18(23)17(22)12-16/h5-6,12-14H,2-4,7-11H2,1H3/i2D2,4D2,7D2,8D2,10D2,11D2. The third kappa shape index (κ3) is 5.04. The van der Waals surface area contributed by atoms with E-state index < -0.39 is 85.1 Å². The first-order chi connectivity index (χ1) is 17.8. The van der Waals surface area contributed by atoms with Crippen molar-refractivity contribution in [3.63, 3.8) is 0 Å². The fourth-order valence-electron chi connectivity index (χ4n) is 2.22. The number of carbonyl (C=O) groups is 1. The molecule has 4 nitrogen and oxygen atoms in total. The van der Waals surface area contributed by atoms with Crippen LogP contribution in [0.25, 0.3) is 0 Å². The second-order valence-electron chi connectivity index (χ2n) is 5.72. The number of likely N-dealkylation sites (tertiary alicyclic amines) is 1. The normalized spacial score (nSPS) is 32.9. The summed E-state index contributed by atoms with van der Waals surface area (Å²) in [7, 11) is 0. The number of carbonyl (C=O) groups excluding carboxylic acids is 1. The Labute approximate surface area is 185 Å². The Morgan fingerprint density at radius 3 is 2.82 bits per heavy atom. The topological polar surface area (TPSA) is 46.1 Å². The van der Waals surface area contributed by atoms with Gasteiger partial charge in [-0.25, -0.2) is 18.7 Å². The molecular formula is C21H24ClF2N3O. The average Bonchev–Trinajstić information content (AvgIpc) is 2.78. The zero-order chi connectivity index (χ0) is 30.9. The van der Waals surface area contributed by atoms with E-state index in [9.17, 15) is 9.18 Å². The summed E-state index contributed by atoms with van der Waals surface area (Å²) in [5.74, 6) is -3.15. The molecule has 0 bridgehead atoms. The van der Waals surface area contributed by atoms with Crippen molar-refractivity contribution in [2.24, 2.45) is 0 Å². The number of hydrogen-bond donors (Lipinski definition) is 0. The highest BCUT2D eigenvalue weighted by Gasteiger charge is 2.35. The highest BCUT2D eigenvalue weighted by atomic mass is 35.5. The van der Waals surface area contributed by atoms with Gasteiger partial charge in [-0.15, -0.1) is 0 Å². The summed E-state index contributed by atoms with van der Waals surface area (Å²) < 4.78 is 129. The van der Waals surface area contributed by atoms with Gasteiger partial charge in [0.25, 0.3) is 5.91 Å². The molecule has 1 aromatic carbocycles. The monoisotopic (exact) mass is 419 g/mol. The predicted molar refractivity (Wildman–Crippen MR) is 105 cm³/mol. The average molecular weight is 420 g/mol. The van der Waals surface area contributed by atoms with Crippen molar-refractivity contribution in [2.45, 2.75) is 50.9 Å². The highest BCUT2D eigenvalue weighted by molar-refractivity contribution is 6.31. The smallest absolute Gasteiger partial charge is 0.253 e. The molecule has 28 heavy (non-hydrogen) atoms. The lowest BCUT2D eigenvalue weighted by atomic mass is 9.88. The number of rotatable bonds is 6. The Morgan fingerprint density at radius 2 is 2.14 bits per heavy atom. The quantitative estimate of drug-likeness (QED) is 0.675. The van der Waals surface area contributed by atoms with Crippen molar-refractivity contribution >= 4 is 17.5 Å². The van der Waals surface area contributed by atoms with Gasteiger partial charge >= 0.3 is 0 Å². The lowest BCUT2D eigenvalue weighted by Gasteiger charge is -2.36. The summed E-state index contributed by atoms with van der Waals surface area (Å²) in [5.41, 5.74) is -4.63. The van der Waals surface area contributed by atoms with Gasteiger partial charge in [-0.05, 0) is 55.7 Å². The molecule has 0 radical (unpaired) electrons. The Kier molecular flexibility index (Phi) is 3.23. The van der Waals surface area contributed by atoms with Gasteiger partial charge in [-0.3, -0.25) is 4.79 Å². The number of aryl methyl sites for hydroxylation is 2. The first-order valence-corrected chi connectivity index (χ1v) is 8.51. The minimum atomic E-state index is -4.06. The Balaban J connectivity index is 2.04. The van der Waals surface area contributed by atoms with Gasteiger partial charge in [0.1, 0.15) is 17.3 Å². The van der Waals surface area contributed by atoms with E-state index in [0.717, 1.165) is 30.6 Å². The molecule has 1 fully saturated rings. The first-order valence-electron chi connectivity index (χ1n) is 14.1. The Hall–Kier alpha value is -2.08. The van der Waals surface area contributed by atoms with Crippen molar-refractivity contribution < 1.29 is 30.0 Å². The van der Waals surface area contributed by atoms with Crippen LogP contribution in [-0.2, 0) is 12.7 Å². The van der Waals surface area contributed by atoms with E-state index in [1.165, 1.54) is 6.92 Å². The molecule has 2 heterocycles. The van der Waals surface area contributed by atoms with Gasteiger partial charge in [0.2, 0.25) is 0 Å². The summed E-state index contributed by atoms with van der Waals surface area (Å²) in [5, 5.41) is -0.573. The number of amides is 1. The number of alkyl halides is 1. The van der Waals surface area contributed by atoms with E-state index in [0.29, 0.717) is 0 Å². The van der Waals surface area contributed by atoms with Gasteiger partial charge in [0.05, 0.1) is 5.02 Å². The van der Waals surface area contributed by atoms with E-state index in [-0.39, 0.29) is 10.5 Å². The number of piperidine rings is 1. The van der Waals surface area contributed by atoms with Gasteiger partial charge in [0, 0.05) is 53.8 Å². The van der Waals surface area contributed by atoms with E-state index >= 15 is 4.39 Å². The first kappa shape index (κ1) is 10.1. The van der Waals surface area contributed by atoms with Crippen LogP contribution in [-0.4, -0.2) is 39.4 Å². The van der Waals surface area contributed by atoms with Crippen LogP contribution in [0.3, 0.4) is 0 Å². The van der Waals surface area contributed by atoms with Gasteiger partial charge in [-0.2, -0.15) is 0 Å². The zero-order valence-corrected chi connectivity index (χ0v) is 15.4. The van der Waals surface area contributed by atoms with Crippen LogP contribution in [0.5, 0.6) is 0 Å². The van der Waals surface area contributed by atoms with Crippen LogP contribution in [0, 0.1) is 5.82 Å². The third-order valence-electron chi connectivity index (χ3n) is 3.77. The maximum absolute atomic E-state index is 16.6. The number of hydrogen-bond acceptors (Lipinski definition) is 3. The minimum absolute atomic E-state index is 0.0331. The second kappa shape index (κ2) is 8.95. The summed E-state index contributed by atoms with van der Waals surface area (Å²) in [6, 6.07) is 2.33. The highest BCUT2D eigenvalue weighted by Crippen LogP contribution is 2.32. The second-order valence-corrected chi connectivity index (χ2v) is 6.13. The minimum Gasteiger partial charge on any atom is -0.338 e. The molecule has 0 spiro atoms. The fourth-order valence-corrected chi connectivity index (χ4v) is 2.40. The van der Waals surface area contributed by atoms with Crippen LogP contribution in [0.2, 0.25) is 5.02 Å². The molecule has 1 atom stereocenters. The van der Waals surface area contributed by atoms with Crippen molar-refractivity contribution in [1.82, 2.24) is 14.9 Å². The molecule has 1 aliphatic rings. The predicted octanol–water partition coefficient (Wildman–Crippen LogP) is 4.80. The number of aromatic nitrogens is 2. The van der Waals surface area contributed by atoms with Gasteiger partial charge in [0.15, 0.2) is 0 Å². The largest absolute Gasteiger partial charge is 0.338 e. The summed E-state index contributed by atoms with van der Waals surface area (Å²) in [4.78, 5) is 20.3. The molecule has 1 aliphatic heterocycles. The SMILES string of the molecule is [2H]C([2H])(C)c1cnc(C([2H])([2H])CC([2H])([2H])C2(F)CC([2H])([2H])N(C(=O)c3ccc(F)c(Cl)c3)C([2H])([2H])C2([2H])[2H])nc1. The number of halogens is 3. The van der Waals surface area contributed by atoms with Crippen molar-refractivity contribution in [2.75, 3.05) is 13.0 Å². The summed E-state index contributed by atoms with van der Waals surface area (Å²) in [6.45, 7) is -6.03. The van der Waals surface area contributed by atoms with Crippen LogP contribution in [0.15, 0.2) is 30.6 Å². The molecule has 1 saturated heterocycles. The molecule has 1 aromatic heterocycles. The Morgan fingerprint density at radius 1 is 1.39 bits per heavy atom. The molecule has 7 heteroatoms. The molecule has 0 N–H and O–H groups in total. The van der Waals surface area contributed by atoms with Gasteiger partial charge < -0.3 is 4.90 Å². The van der Waals surface area contributed by atoms with Crippen molar-refractivity contribution in [3.05, 3.63) is 58.4 Å². The van der Waals surface area contributed by atoms with Crippen molar-refractivity contribution in [3.8, 4) is 0 Å². The molecular weight excluding hydrogens is 384 g/mol. The van der Waals surface area contributed by atoms with Crippen LogP contribution in [0.4, 0.5) is 8.78 Å². The van der Waals surface area contributed by atoms with E-state index in [2.05, 4.69) is 9.97 Å². The number of nitrogens with zero attached hydrogens (tertiary/aromatic N) is 3. The molecule has 150 valence electrons. The summed E-state index contributed by atoms with van der Waals surface area (Å²) in [6.07, 6.45) is -13.7. The molecule has 3 rings (SSSR count). The zero-order valence-electron chi connectivity index (χ0n) is 26.7. The molecule has 1 amide bonds. The van der Waals surface area contributed by atoms with E-state index in [1.807, 2.05) is 0 Å². The Bertz CT molecular complexity index is 1310. The lowest BCUT2D eigenvalue weighted by Crippen LogP contribution is -2.44. The number of benzene rings is 1. The lowest BCUT2D eigenvalue weighted by molar-refractivity contribution is 0.0389. The van der Waals surface area contributed by atoms with E-state index in [1.54, 1.807) is 0 Å². The fraction of sp³-hybridized carbons (Fsp3) is 0.476. The third-order valence-corrected chi connectivity index (χ3v) is 4.06. The van der Waals surface area contributed by atoms with Crippen LogP contribution < -0.4 is 0 Å². The molecule has 1 unspecified atom stereocenters. The van der Waals surface area contributed by atoms with Gasteiger partial charge in [-0.1, -0.05) is 18.5 Å². The van der Waals surface area contributed by atoms with E-state index in [4.69, 9.17) is 28.1 Å². The molecule has 2 aromatic rings.